The van der Waals surface area contributed by atoms with E-state index in [1.807, 2.05) is 36.4 Å². The van der Waals surface area contributed by atoms with Crippen LogP contribution in [0.2, 0.25) is 5.02 Å². The van der Waals surface area contributed by atoms with Gasteiger partial charge in [-0.05, 0) is 30.2 Å². The highest BCUT2D eigenvalue weighted by molar-refractivity contribution is 14.0. The minimum atomic E-state index is 0. The molecule has 0 saturated heterocycles. The molecule has 2 N–H and O–H groups in total. The summed E-state index contributed by atoms with van der Waals surface area (Å²) >= 11 is 5.98. The average Bonchev–Trinajstić information content (AvgIpc) is 2.58. The van der Waals surface area contributed by atoms with Gasteiger partial charge in [-0.25, -0.2) is 4.98 Å². The summed E-state index contributed by atoms with van der Waals surface area (Å²) in [6.45, 7) is 1.35. The van der Waals surface area contributed by atoms with E-state index in [1.54, 1.807) is 14.2 Å². The van der Waals surface area contributed by atoms with Crippen molar-refractivity contribution >= 4 is 41.5 Å². The van der Waals surface area contributed by atoms with Gasteiger partial charge in [-0.3, -0.25) is 4.99 Å². The van der Waals surface area contributed by atoms with Gasteiger partial charge >= 0.3 is 0 Å². The predicted molar refractivity (Wildman–Crippen MR) is 110 cm³/mol. The number of nitrogens with zero attached hydrogens (tertiary/aromatic N) is 2. The Bertz CT molecular complexity index is 667. The standard InChI is InChI=1S/C17H21ClN4O.HI/c1-19-17(20-10-9-13-5-3-6-14(18)11-13)21-12-15-7-4-8-16(22-15)23-2;/h3-8,11H,9-10,12H2,1-2H3,(H2,19,20,21);1H. The summed E-state index contributed by atoms with van der Waals surface area (Å²) < 4.78 is 5.12. The molecule has 0 unspecified atom stereocenters. The van der Waals surface area contributed by atoms with Gasteiger partial charge in [0.05, 0.1) is 19.3 Å². The molecule has 24 heavy (non-hydrogen) atoms. The second-order valence-electron chi connectivity index (χ2n) is 4.90. The minimum Gasteiger partial charge on any atom is -0.481 e. The molecule has 0 aliphatic carbocycles. The fraction of sp³-hybridized carbons (Fsp3) is 0.294. The third-order valence-corrected chi connectivity index (χ3v) is 3.48. The number of methoxy groups -OCH3 is 1. The number of guanidine groups is 1. The Balaban J connectivity index is 0.00000288. The SMILES string of the molecule is CN=C(NCCc1cccc(Cl)c1)NCc1cccc(OC)n1.I. The topological polar surface area (TPSA) is 58.5 Å². The van der Waals surface area contributed by atoms with E-state index in [2.05, 4.69) is 26.7 Å². The average molecular weight is 461 g/mol. The van der Waals surface area contributed by atoms with Gasteiger partial charge in [0.15, 0.2) is 5.96 Å². The van der Waals surface area contributed by atoms with Crippen LogP contribution in [-0.2, 0) is 13.0 Å². The van der Waals surface area contributed by atoms with Crippen LogP contribution in [0.15, 0.2) is 47.5 Å². The molecule has 1 heterocycles. The van der Waals surface area contributed by atoms with Crippen LogP contribution in [0.5, 0.6) is 5.88 Å². The van der Waals surface area contributed by atoms with E-state index in [9.17, 15) is 0 Å². The number of ether oxygens (including phenoxy) is 1. The Morgan fingerprint density at radius 2 is 2.00 bits per heavy atom. The number of benzene rings is 1. The maximum absolute atomic E-state index is 5.98. The van der Waals surface area contributed by atoms with E-state index in [1.165, 1.54) is 5.56 Å². The zero-order chi connectivity index (χ0) is 16.5. The van der Waals surface area contributed by atoms with Crippen molar-refractivity contribution in [3.63, 3.8) is 0 Å². The number of pyridine rings is 1. The minimum absolute atomic E-state index is 0. The van der Waals surface area contributed by atoms with Gasteiger partial charge in [-0.15, -0.1) is 24.0 Å². The molecule has 0 aliphatic heterocycles. The Morgan fingerprint density at radius 3 is 2.71 bits per heavy atom. The fourth-order valence-electron chi connectivity index (χ4n) is 2.08. The highest BCUT2D eigenvalue weighted by atomic mass is 127. The van der Waals surface area contributed by atoms with E-state index >= 15 is 0 Å². The van der Waals surface area contributed by atoms with Crippen LogP contribution in [-0.4, -0.2) is 31.6 Å². The molecule has 5 nitrogen and oxygen atoms in total. The normalized spacial score (nSPS) is 10.7. The summed E-state index contributed by atoms with van der Waals surface area (Å²) in [5.41, 5.74) is 2.08. The van der Waals surface area contributed by atoms with Crippen LogP contribution in [0.3, 0.4) is 0 Å². The van der Waals surface area contributed by atoms with E-state index in [-0.39, 0.29) is 24.0 Å². The van der Waals surface area contributed by atoms with Crippen LogP contribution in [0.4, 0.5) is 0 Å². The first-order valence-corrected chi connectivity index (χ1v) is 7.78. The van der Waals surface area contributed by atoms with Gasteiger partial charge in [-0.1, -0.05) is 29.8 Å². The molecule has 0 radical (unpaired) electrons. The first-order chi connectivity index (χ1) is 11.2. The zero-order valence-electron chi connectivity index (χ0n) is 13.8. The van der Waals surface area contributed by atoms with E-state index in [0.29, 0.717) is 12.4 Å². The molecule has 2 rings (SSSR count). The number of aromatic nitrogens is 1. The number of hydrogen-bond acceptors (Lipinski definition) is 3. The number of nitrogens with one attached hydrogen (secondary N) is 2. The lowest BCUT2D eigenvalue weighted by Crippen LogP contribution is -2.38. The lowest BCUT2D eigenvalue weighted by molar-refractivity contribution is 0.396. The number of halogens is 2. The predicted octanol–water partition coefficient (Wildman–Crippen LogP) is 3.27. The largest absolute Gasteiger partial charge is 0.481 e. The lowest BCUT2D eigenvalue weighted by atomic mass is 10.1. The molecule has 0 saturated carbocycles. The second-order valence-corrected chi connectivity index (χ2v) is 5.34. The molecule has 1 aromatic carbocycles. The van der Waals surface area contributed by atoms with Crippen molar-refractivity contribution in [2.75, 3.05) is 20.7 Å². The third-order valence-electron chi connectivity index (χ3n) is 3.25. The molecule has 0 spiro atoms. The third kappa shape index (κ3) is 6.92. The lowest BCUT2D eigenvalue weighted by Gasteiger charge is -2.12. The van der Waals surface area contributed by atoms with Crippen LogP contribution in [0.25, 0.3) is 0 Å². The van der Waals surface area contributed by atoms with Gasteiger partial charge in [0, 0.05) is 24.7 Å². The van der Waals surface area contributed by atoms with Crippen LogP contribution >= 0.6 is 35.6 Å². The molecule has 0 amide bonds. The molecule has 2 aromatic rings. The Labute approximate surface area is 164 Å². The van der Waals surface area contributed by atoms with Crippen LogP contribution in [0, 0.1) is 0 Å². The molecule has 0 atom stereocenters. The van der Waals surface area contributed by atoms with Crippen molar-refractivity contribution in [1.82, 2.24) is 15.6 Å². The second kappa shape index (κ2) is 11.1. The van der Waals surface area contributed by atoms with Crippen molar-refractivity contribution in [3.05, 3.63) is 58.7 Å². The summed E-state index contributed by atoms with van der Waals surface area (Å²) in [4.78, 5) is 8.56. The van der Waals surface area contributed by atoms with E-state index in [0.717, 1.165) is 29.6 Å². The highest BCUT2D eigenvalue weighted by Crippen LogP contribution is 2.10. The Morgan fingerprint density at radius 1 is 1.21 bits per heavy atom. The molecule has 0 fully saturated rings. The van der Waals surface area contributed by atoms with Gasteiger partial charge in [0.25, 0.3) is 0 Å². The highest BCUT2D eigenvalue weighted by Gasteiger charge is 2.01. The van der Waals surface area contributed by atoms with Gasteiger partial charge in [0.1, 0.15) is 0 Å². The Hall–Kier alpha value is -1.54. The van der Waals surface area contributed by atoms with Crippen molar-refractivity contribution in [2.24, 2.45) is 4.99 Å². The molecule has 1 aromatic heterocycles. The summed E-state index contributed by atoms with van der Waals surface area (Å²) in [6, 6.07) is 13.5. The summed E-state index contributed by atoms with van der Waals surface area (Å²) in [6.07, 6.45) is 0.874. The fourth-order valence-corrected chi connectivity index (χ4v) is 2.30. The summed E-state index contributed by atoms with van der Waals surface area (Å²) in [5, 5.41) is 7.26. The maximum Gasteiger partial charge on any atom is 0.213 e. The number of aliphatic imine (C=N–C) groups is 1. The van der Waals surface area contributed by atoms with Gasteiger partial charge in [-0.2, -0.15) is 0 Å². The zero-order valence-corrected chi connectivity index (χ0v) is 16.8. The number of rotatable bonds is 6. The van der Waals surface area contributed by atoms with Gasteiger partial charge in [0.2, 0.25) is 5.88 Å². The van der Waals surface area contributed by atoms with Crippen molar-refractivity contribution in [1.29, 1.82) is 0 Å². The van der Waals surface area contributed by atoms with E-state index in [4.69, 9.17) is 16.3 Å². The smallest absolute Gasteiger partial charge is 0.213 e. The quantitative estimate of drug-likeness (QED) is 0.395. The maximum atomic E-state index is 5.98. The van der Waals surface area contributed by atoms with Crippen molar-refractivity contribution < 1.29 is 4.74 Å². The monoisotopic (exact) mass is 460 g/mol. The van der Waals surface area contributed by atoms with Crippen molar-refractivity contribution in [3.8, 4) is 5.88 Å². The van der Waals surface area contributed by atoms with Crippen LogP contribution < -0.4 is 15.4 Å². The molecule has 130 valence electrons. The summed E-state index contributed by atoms with van der Waals surface area (Å²) in [5.74, 6) is 1.34. The van der Waals surface area contributed by atoms with Crippen molar-refractivity contribution in [2.45, 2.75) is 13.0 Å². The first kappa shape index (κ1) is 20.5. The van der Waals surface area contributed by atoms with Gasteiger partial charge < -0.3 is 15.4 Å². The molecule has 0 bridgehead atoms. The molecule has 0 aliphatic rings. The summed E-state index contributed by atoms with van der Waals surface area (Å²) in [7, 11) is 3.35. The van der Waals surface area contributed by atoms with E-state index < -0.39 is 0 Å². The molecular formula is C17H22ClIN4O. The Kier molecular flexibility index (Phi) is 9.48. The first-order valence-electron chi connectivity index (χ1n) is 7.40. The number of hydrogen-bond donors (Lipinski definition) is 2. The molecule has 7 heteroatoms. The molecular weight excluding hydrogens is 439 g/mol. The van der Waals surface area contributed by atoms with Crippen LogP contribution in [0.1, 0.15) is 11.3 Å².